The van der Waals surface area contributed by atoms with E-state index in [-0.39, 0.29) is 0 Å². The third-order valence-corrected chi connectivity index (χ3v) is 5.53. The normalized spacial score (nSPS) is 16.5. The van der Waals surface area contributed by atoms with Crippen LogP contribution in [0.15, 0.2) is 0 Å². The fourth-order valence-corrected chi connectivity index (χ4v) is 4.28. The minimum absolute atomic E-state index is 0.461. The van der Waals surface area contributed by atoms with Gasteiger partial charge in [-0.25, -0.2) is 0 Å². The van der Waals surface area contributed by atoms with E-state index in [1.165, 1.54) is 5.75 Å². The lowest BCUT2D eigenvalue weighted by Crippen LogP contribution is -2.18. The predicted octanol–water partition coefficient (Wildman–Crippen LogP) is 3.92. The van der Waals surface area contributed by atoms with Crippen molar-refractivity contribution in [3.63, 3.8) is 0 Å². The molecule has 0 aromatic carbocycles. The van der Waals surface area contributed by atoms with Gasteiger partial charge in [-0.15, -0.1) is 0 Å². The van der Waals surface area contributed by atoms with Gasteiger partial charge in [0.25, 0.3) is 0 Å². The maximum Gasteiger partial charge on any atom is 0.00252 e. The van der Waals surface area contributed by atoms with Crippen LogP contribution in [-0.4, -0.2) is 15.4 Å². The van der Waals surface area contributed by atoms with Gasteiger partial charge in [0, 0.05) is 4.75 Å². The molecule has 0 fully saturated rings. The van der Waals surface area contributed by atoms with E-state index in [1.54, 1.807) is 4.86 Å². The molecule has 0 aromatic rings. The van der Waals surface area contributed by atoms with Crippen LogP contribution in [0.25, 0.3) is 0 Å². The van der Waals surface area contributed by atoms with Crippen molar-refractivity contribution in [2.24, 2.45) is 5.92 Å². The maximum absolute atomic E-state index is 2.35. The summed E-state index contributed by atoms with van der Waals surface area (Å²) in [6, 6.07) is 0. The molecular formula is C11H24S. The molecule has 0 nitrogen and oxygen atoms in total. The first-order chi connectivity index (χ1) is 5.30. The Bertz CT molecular complexity index is 170. The minimum Gasteiger partial charge on any atom is -0.181 e. The lowest BCUT2D eigenvalue weighted by molar-refractivity contribution is 0.799. The van der Waals surface area contributed by atoms with E-state index >= 15 is 0 Å². The summed E-state index contributed by atoms with van der Waals surface area (Å²) in [5.74, 6) is 2.04. The van der Waals surface area contributed by atoms with Crippen LogP contribution in [0, 0.1) is 5.92 Å². The van der Waals surface area contributed by atoms with Crippen LogP contribution in [0.2, 0.25) is 0 Å². The number of hydrogen-bond acceptors (Lipinski definition) is 0. The zero-order valence-corrected chi connectivity index (χ0v) is 10.5. The first kappa shape index (κ1) is 12.2. The summed E-state index contributed by atoms with van der Waals surface area (Å²) in [6.07, 6.45) is 0. The highest BCUT2D eigenvalue weighted by atomic mass is 32.2. The summed E-state index contributed by atoms with van der Waals surface area (Å²) < 4.78 is 0.461. The maximum atomic E-state index is 2.35. The molecule has 0 spiro atoms. The van der Waals surface area contributed by atoms with Gasteiger partial charge >= 0.3 is 0 Å². The minimum atomic E-state index is 0.461. The second-order valence-electron chi connectivity index (χ2n) is 4.56. The zero-order valence-electron chi connectivity index (χ0n) is 9.69. The Kier molecular flexibility index (Phi) is 4.54. The molecule has 74 valence electrons. The molecule has 0 bridgehead atoms. The van der Waals surface area contributed by atoms with Crippen molar-refractivity contribution < 1.29 is 0 Å². The molecule has 12 heavy (non-hydrogen) atoms. The van der Waals surface area contributed by atoms with Crippen molar-refractivity contribution in [2.75, 3.05) is 5.75 Å². The molecule has 0 aliphatic heterocycles. The van der Waals surface area contributed by atoms with Crippen LogP contribution in [0.3, 0.4) is 0 Å². The Morgan fingerprint density at radius 3 is 1.75 bits per heavy atom. The monoisotopic (exact) mass is 188 g/mol. The van der Waals surface area contributed by atoms with Crippen molar-refractivity contribution in [3.8, 4) is 0 Å². The Morgan fingerprint density at radius 1 is 1.25 bits per heavy atom. The van der Waals surface area contributed by atoms with Crippen molar-refractivity contribution in [3.05, 3.63) is 0 Å². The van der Waals surface area contributed by atoms with Crippen LogP contribution in [-0.2, 0) is 0 Å². The van der Waals surface area contributed by atoms with E-state index in [9.17, 15) is 0 Å². The van der Waals surface area contributed by atoms with Crippen LogP contribution >= 0.6 is 10.5 Å². The van der Waals surface area contributed by atoms with E-state index in [1.807, 2.05) is 0 Å². The quantitative estimate of drug-likeness (QED) is 0.576. The molecule has 0 amide bonds. The summed E-state index contributed by atoms with van der Waals surface area (Å²) in [6.45, 7) is 16.3. The molecule has 0 aromatic heterocycles. The SMILES string of the molecule is CCS(=C(C)C(C)C)C(C)(C)C. The summed E-state index contributed by atoms with van der Waals surface area (Å²) in [5.41, 5.74) is 0. The van der Waals surface area contributed by atoms with Gasteiger partial charge in [-0.05, 0) is 23.5 Å². The molecule has 1 atom stereocenters. The molecule has 0 saturated carbocycles. The summed E-state index contributed by atoms with van der Waals surface area (Å²) >= 11 is 0. The summed E-state index contributed by atoms with van der Waals surface area (Å²) in [4.78, 5) is 1.69. The van der Waals surface area contributed by atoms with Gasteiger partial charge < -0.3 is 0 Å². The van der Waals surface area contributed by atoms with E-state index in [0.717, 1.165) is 5.92 Å². The number of hydrogen-bond donors (Lipinski definition) is 0. The first-order valence-electron chi connectivity index (χ1n) is 4.85. The zero-order chi connectivity index (χ0) is 9.94. The second kappa shape index (κ2) is 4.45. The first-order valence-corrected chi connectivity index (χ1v) is 6.24. The van der Waals surface area contributed by atoms with E-state index in [2.05, 4.69) is 48.5 Å². The van der Waals surface area contributed by atoms with Crippen LogP contribution < -0.4 is 0 Å². The van der Waals surface area contributed by atoms with Gasteiger partial charge in [-0.1, -0.05) is 41.5 Å². The van der Waals surface area contributed by atoms with Gasteiger partial charge in [-0.3, -0.25) is 0 Å². The van der Waals surface area contributed by atoms with Gasteiger partial charge in [-0.2, -0.15) is 10.5 Å². The van der Waals surface area contributed by atoms with Crippen LogP contribution in [0.5, 0.6) is 0 Å². The van der Waals surface area contributed by atoms with E-state index < -0.39 is 0 Å². The number of rotatable bonds is 2. The van der Waals surface area contributed by atoms with Crippen molar-refractivity contribution in [1.29, 1.82) is 0 Å². The van der Waals surface area contributed by atoms with Crippen molar-refractivity contribution in [1.82, 2.24) is 0 Å². The highest BCUT2D eigenvalue weighted by Gasteiger charge is 2.17. The Balaban J connectivity index is 4.87. The average molecular weight is 188 g/mol. The van der Waals surface area contributed by atoms with Gasteiger partial charge in [0.2, 0.25) is 0 Å². The Morgan fingerprint density at radius 2 is 1.67 bits per heavy atom. The van der Waals surface area contributed by atoms with Crippen molar-refractivity contribution >= 4 is 15.3 Å². The molecule has 1 heteroatoms. The van der Waals surface area contributed by atoms with Gasteiger partial charge in [0.1, 0.15) is 0 Å². The largest absolute Gasteiger partial charge is 0.181 e. The molecule has 0 saturated heterocycles. The average Bonchev–Trinajstić information content (AvgIpc) is 1.85. The Hall–Kier alpha value is 0.220. The standard InChI is InChI=1S/C11H24S/c1-8-12(11(5,6)7)10(4)9(2)3/h9H,8H2,1-7H3. The third kappa shape index (κ3) is 3.30. The van der Waals surface area contributed by atoms with Crippen LogP contribution in [0.4, 0.5) is 0 Å². The van der Waals surface area contributed by atoms with Gasteiger partial charge in [0.15, 0.2) is 0 Å². The molecule has 1 unspecified atom stereocenters. The molecular weight excluding hydrogens is 164 g/mol. The summed E-state index contributed by atoms with van der Waals surface area (Å²) in [5, 5.41) is 0. The van der Waals surface area contributed by atoms with E-state index in [4.69, 9.17) is 0 Å². The highest BCUT2D eigenvalue weighted by molar-refractivity contribution is 8.17. The third-order valence-electron chi connectivity index (χ3n) is 2.23. The highest BCUT2D eigenvalue weighted by Crippen LogP contribution is 2.34. The molecule has 0 heterocycles. The molecule has 0 aliphatic carbocycles. The second-order valence-corrected chi connectivity index (χ2v) is 7.78. The topological polar surface area (TPSA) is 0 Å². The molecule has 0 N–H and O–H groups in total. The Labute approximate surface area is 80.7 Å². The fraction of sp³-hybridized carbons (Fsp3) is 0.909. The molecule has 0 radical (unpaired) electrons. The fourth-order valence-electron chi connectivity index (χ4n) is 1.43. The molecule has 0 rings (SSSR count). The smallest absolute Gasteiger partial charge is 0.00252 e. The predicted molar refractivity (Wildman–Crippen MR) is 63.4 cm³/mol. The van der Waals surface area contributed by atoms with Crippen molar-refractivity contribution in [2.45, 2.75) is 53.2 Å². The van der Waals surface area contributed by atoms with E-state index in [0.29, 0.717) is 15.2 Å². The molecule has 0 aliphatic rings. The lowest BCUT2D eigenvalue weighted by Gasteiger charge is -2.28. The lowest BCUT2D eigenvalue weighted by atomic mass is 10.2. The van der Waals surface area contributed by atoms with Crippen LogP contribution in [0.1, 0.15) is 48.5 Å². The van der Waals surface area contributed by atoms with Gasteiger partial charge in [0.05, 0.1) is 0 Å². The summed E-state index contributed by atoms with van der Waals surface area (Å²) in [7, 11) is 0.493.